The summed E-state index contributed by atoms with van der Waals surface area (Å²) in [4.78, 5) is 0. The average molecular weight is 291 g/mol. The van der Waals surface area contributed by atoms with Crippen molar-refractivity contribution in [2.24, 2.45) is 18.9 Å². The van der Waals surface area contributed by atoms with Crippen molar-refractivity contribution in [1.29, 1.82) is 0 Å². The monoisotopic (exact) mass is 290 g/mol. The smallest absolute Gasteiger partial charge is 0.261 e. The second-order valence-corrected chi connectivity index (χ2v) is 7.18. The quantitative estimate of drug-likeness (QED) is 0.827. The van der Waals surface area contributed by atoms with Gasteiger partial charge in [0.1, 0.15) is 0 Å². The molecular weight excluding hydrogens is 276 g/mol. The first-order chi connectivity index (χ1) is 8.50. The Kier molecular flexibility index (Phi) is 2.89. The van der Waals surface area contributed by atoms with E-state index in [1.807, 2.05) is 0 Å². The van der Waals surface area contributed by atoms with Gasteiger partial charge in [-0.15, -0.1) is 0 Å². The highest BCUT2D eigenvalue weighted by Gasteiger charge is 2.42. The second-order valence-electron chi connectivity index (χ2n) is 4.92. The molecule has 1 N–H and O–H groups in total. The molecule has 0 saturated carbocycles. The highest BCUT2D eigenvalue weighted by atomic mass is 35.5. The van der Waals surface area contributed by atoms with Gasteiger partial charge in [-0.3, -0.25) is 4.68 Å². The van der Waals surface area contributed by atoms with E-state index in [9.17, 15) is 8.42 Å². The van der Waals surface area contributed by atoms with E-state index in [-0.39, 0.29) is 10.0 Å². The van der Waals surface area contributed by atoms with E-state index in [0.29, 0.717) is 24.9 Å². The molecule has 0 amide bonds. The van der Waals surface area contributed by atoms with Crippen molar-refractivity contribution in [1.82, 2.24) is 19.4 Å². The number of rotatable bonds is 2. The summed E-state index contributed by atoms with van der Waals surface area (Å²) in [6, 6.07) is 0. The van der Waals surface area contributed by atoms with Gasteiger partial charge in [0.05, 0.1) is 11.2 Å². The highest BCUT2D eigenvalue weighted by Crippen LogP contribution is 2.32. The SMILES string of the molecule is Cn1ncc(Cl)c1S(=O)(=O)N1CC2CNCC2C1. The Labute approximate surface area is 111 Å². The van der Waals surface area contributed by atoms with Crippen LogP contribution in [0.5, 0.6) is 0 Å². The molecule has 6 nitrogen and oxygen atoms in total. The lowest BCUT2D eigenvalue weighted by Crippen LogP contribution is -2.33. The summed E-state index contributed by atoms with van der Waals surface area (Å²) in [6.07, 6.45) is 1.37. The van der Waals surface area contributed by atoms with E-state index in [1.165, 1.54) is 15.2 Å². The molecule has 2 fully saturated rings. The molecule has 18 heavy (non-hydrogen) atoms. The molecule has 0 aromatic carbocycles. The van der Waals surface area contributed by atoms with Crippen molar-refractivity contribution < 1.29 is 8.42 Å². The van der Waals surface area contributed by atoms with Crippen LogP contribution in [0.3, 0.4) is 0 Å². The largest absolute Gasteiger partial charge is 0.316 e. The van der Waals surface area contributed by atoms with Gasteiger partial charge in [-0.25, -0.2) is 8.42 Å². The van der Waals surface area contributed by atoms with Crippen LogP contribution < -0.4 is 5.32 Å². The van der Waals surface area contributed by atoms with E-state index >= 15 is 0 Å². The molecule has 1 aromatic rings. The van der Waals surface area contributed by atoms with E-state index in [4.69, 9.17) is 11.6 Å². The topological polar surface area (TPSA) is 67.2 Å². The Morgan fingerprint density at radius 2 is 2.00 bits per heavy atom. The number of hydrogen-bond acceptors (Lipinski definition) is 4. The van der Waals surface area contributed by atoms with Gasteiger partial charge in [-0.05, 0) is 24.9 Å². The third kappa shape index (κ3) is 1.77. The van der Waals surface area contributed by atoms with Gasteiger partial charge in [-0.1, -0.05) is 11.6 Å². The van der Waals surface area contributed by atoms with Crippen LogP contribution >= 0.6 is 11.6 Å². The van der Waals surface area contributed by atoms with Crippen molar-refractivity contribution in [2.75, 3.05) is 26.2 Å². The molecule has 1 aromatic heterocycles. The van der Waals surface area contributed by atoms with Crippen LogP contribution in [-0.2, 0) is 17.1 Å². The minimum Gasteiger partial charge on any atom is -0.316 e. The summed E-state index contributed by atoms with van der Waals surface area (Å²) in [5.41, 5.74) is 0. The van der Waals surface area contributed by atoms with Crippen LogP contribution in [0, 0.1) is 11.8 Å². The van der Waals surface area contributed by atoms with E-state index in [0.717, 1.165) is 13.1 Å². The number of sulfonamides is 1. The van der Waals surface area contributed by atoms with Crippen LogP contribution in [-0.4, -0.2) is 48.7 Å². The van der Waals surface area contributed by atoms with Gasteiger partial charge in [0.15, 0.2) is 5.03 Å². The molecule has 100 valence electrons. The first-order valence-electron chi connectivity index (χ1n) is 5.88. The Hall–Kier alpha value is -0.630. The minimum absolute atomic E-state index is 0.0945. The zero-order valence-electron chi connectivity index (χ0n) is 10.0. The Morgan fingerprint density at radius 1 is 1.39 bits per heavy atom. The molecule has 2 saturated heterocycles. The maximum Gasteiger partial charge on any atom is 0.261 e. The predicted molar refractivity (Wildman–Crippen MR) is 66.8 cm³/mol. The number of aryl methyl sites for hydroxylation is 1. The summed E-state index contributed by atoms with van der Waals surface area (Å²) in [5, 5.41) is 7.46. The summed E-state index contributed by atoms with van der Waals surface area (Å²) >= 11 is 5.93. The van der Waals surface area contributed by atoms with Crippen LogP contribution in [0.25, 0.3) is 0 Å². The van der Waals surface area contributed by atoms with Gasteiger partial charge in [0.2, 0.25) is 0 Å². The molecule has 2 aliphatic rings. The number of nitrogens with one attached hydrogen (secondary N) is 1. The average Bonchev–Trinajstić information content (AvgIpc) is 2.91. The minimum atomic E-state index is -3.52. The van der Waals surface area contributed by atoms with Gasteiger partial charge >= 0.3 is 0 Å². The zero-order chi connectivity index (χ0) is 12.9. The summed E-state index contributed by atoms with van der Waals surface area (Å²) in [6.45, 7) is 2.94. The maximum absolute atomic E-state index is 12.5. The fraction of sp³-hybridized carbons (Fsp3) is 0.700. The lowest BCUT2D eigenvalue weighted by molar-refractivity contribution is 0.440. The van der Waals surface area contributed by atoms with Crippen molar-refractivity contribution >= 4 is 21.6 Å². The third-order valence-electron chi connectivity index (χ3n) is 3.78. The number of aromatic nitrogens is 2. The van der Waals surface area contributed by atoms with Gasteiger partial charge in [0.25, 0.3) is 10.0 Å². The van der Waals surface area contributed by atoms with Gasteiger partial charge in [-0.2, -0.15) is 9.40 Å². The molecule has 0 aliphatic carbocycles. The molecule has 2 aliphatic heterocycles. The van der Waals surface area contributed by atoms with Crippen LogP contribution in [0.15, 0.2) is 11.2 Å². The van der Waals surface area contributed by atoms with E-state index in [1.54, 1.807) is 7.05 Å². The molecule has 0 bridgehead atoms. The molecule has 3 rings (SSSR count). The molecular formula is C10H15ClN4O2S. The molecule has 0 radical (unpaired) electrons. The van der Waals surface area contributed by atoms with Crippen LogP contribution in [0.4, 0.5) is 0 Å². The van der Waals surface area contributed by atoms with E-state index in [2.05, 4.69) is 10.4 Å². The first kappa shape index (κ1) is 12.4. The summed E-state index contributed by atoms with van der Waals surface area (Å²) < 4.78 is 27.9. The number of nitrogens with zero attached hydrogens (tertiary/aromatic N) is 3. The third-order valence-corrected chi connectivity index (χ3v) is 6.12. The lowest BCUT2D eigenvalue weighted by Gasteiger charge is -2.17. The molecule has 2 atom stereocenters. The standard InChI is InChI=1S/C10H15ClN4O2S/c1-14-10(9(11)4-13-14)18(16,17)15-5-7-2-12-3-8(7)6-15/h4,7-8,12H,2-3,5-6H2,1H3. The van der Waals surface area contributed by atoms with Crippen molar-refractivity contribution in [2.45, 2.75) is 5.03 Å². The van der Waals surface area contributed by atoms with Crippen LogP contribution in [0.1, 0.15) is 0 Å². The normalized spacial score (nSPS) is 28.8. The number of fused-ring (bicyclic) bond motifs is 1. The molecule has 2 unspecified atom stereocenters. The van der Waals surface area contributed by atoms with Crippen molar-refractivity contribution in [3.8, 4) is 0 Å². The Morgan fingerprint density at radius 3 is 2.50 bits per heavy atom. The number of halogens is 1. The van der Waals surface area contributed by atoms with Gasteiger partial charge < -0.3 is 5.32 Å². The lowest BCUT2D eigenvalue weighted by atomic mass is 10.0. The van der Waals surface area contributed by atoms with E-state index < -0.39 is 10.0 Å². The Balaban J connectivity index is 1.92. The fourth-order valence-electron chi connectivity index (χ4n) is 2.82. The van der Waals surface area contributed by atoms with Crippen molar-refractivity contribution in [3.63, 3.8) is 0 Å². The molecule has 0 spiro atoms. The van der Waals surface area contributed by atoms with Crippen molar-refractivity contribution in [3.05, 3.63) is 11.2 Å². The maximum atomic E-state index is 12.5. The zero-order valence-corrected chi connectivity index (χ0v) is 11.6. The second kappa shape index (κ2) is 4.19. The molecule has 8 heteroatoms. The van der Waals surface area contributed by atoms with Gasteiger partial charge in [0, 0.05) is 20.1 Å². The Bertz CT molecular complexity index is 539. The molecule has 3 heterocycles. The van der Waals surface area contributed by atoms with Crippen LogP contribution in [0.2, 0.25) is 5.02 Å². The first-order valence-corrected chi connectivity index (χ1v) is 7.70. The number of hydrogen-bond donors (Lipinski definition) is 1. The summed E-state index contributed by atoms with van der Waals surface area (Å²) in [7, 11) is -1.93. The fourth-order valence-corrected chi connectivity index (χ4v) is 4.98. The predicted octanol–water partition coefficient (Wildman–Crippen LogP) is -0.0866. The summed E-state index contributed by atoms with van der Waals surface area (Å²) in [5.74, 6) is 0.846. The highest BCUT2D eigenvalue weighted by molar-refractivity contribution is 7.89.